The summed E-state index contributed by atoms with van der Waals surface area (Å²) in [5.74, 6) is 0.889. The molecule has 0 aromatic heterocycles. The lowest BCUT2D eigenvalue weighted by Crippen LogP contribution is -2.57. The van der Waals surface area contributed by atoms with Crippen molar-refractivity contribution in [2.24, 2.45) is 4.99 Å². The number of benzene rings is 1. The Bertz CT molecular complexity index is 835. The summed E-state index contributed by atoms with van der Waals surface area (Å²) in [6, 6.07) is 4.71. The third kappa shape index (κ3) is 6.82. The van der Waals surface area contributed by atoms with Crippen LogP contribution in [0.3, 0.4) is 0 Å². The third-order valence-corrected chi connectivity index (χ3v) is 7.15. The van der Waals surface area contributed by atoms with E-state index in [1.54, 1.807) is 32.9 Å². The van der Waals surface area contributed by atoms with Crippen molar-refractivity contribution >= 4 is 39.8 Å². The largest absolute Gasteiger partial charge is 0.490 e. The zero-order valence-electron chi connectivity index (χ0n) is 17.7. The van der Waals surface area contributed by atoms with Crippen molar-refractivity contribution < 1.29 is 26.7 Å². The van der Waals surface area contributed by atoms with Crippen LogP contribution >= 0.6 is 24.0 Å². The number of halogens is 3. The number of alkyl halides is 2. The van der Waals surface area contributed by atoms with Crippen molar-refractivity contribution in [2.75, 3.05) is 32.0 Å². The second kappa shape index (κ2) is 11.3. The third-order valence-electron chi connectivity index (χ3n) is 4.61. The lowest BCUT2D eigenvalue weighted by Gasteiger charge is -2.39. The van der Waals surface area contributed by atoms with Gasteiger partial charge < -0.3 is 19.7 Å². The van der Waals surface area contributed by atoms with Gasteiger partial charge in [-0.2, -0.15) is 8.78 Å². The molecule has 0 bridgehead atoms. The van der Waals surface area contributed by atoms with Gasteiger partial charge in [0.25, 0.3) is 0 Å². The molecular weight excluding hydrogens is 531 g/mol. The molecule has 0 unspecified atom stereocenters. The number of hydrogen-bond acceptors (Lipinski definition) is 5. The zero-order valence-corrected chi connectivity index (χ0v) is 20.8. The number of nitrogens with one attached hydrogen (secondary N) is 1. The number of ether oxygens (including phenoxy) is 2. The molecule has 7 nitrogen and oxygen atoms in total. The van der Waals surface area contributed by atoms with E-state index in [4.69, 9.17) is 4.74 Å². The van der Waals surface area contributed by atoms with Gasteiger partial charge in [0.1, 0.15) is 0 Å². The molecule has 1 heterocycles. The maximum absolute atomic E-state index is 12.5. The average Bonchev–Trinajstić information content (AvgIpc) is 2.63. The molecule has 0 amide bonds. The van der Waals surface area contributed by atoms with E-state index in [1.165, 1.54) is 6.07 Å². The van der Waals surface area contributed by atoms with E-state index >= 15 is 0 Å². The first kappa shape index (κ1) is 26.7. The minimum Gasteiger partial charge on any atom is -0.490 e. The maximum atomic E-state index is 12.5. The van der Waals surface area contributed by atoms with Crippen molar-refractivity contribution in [1.29, 1.82) is 0 Å². The van der Waals surface area contributed by atoms with Crippen LogP contribution in [0.2, 0.25) is 0 Å². The van der Waals surface area contributed by atoms with Crippen LogP contribution < -0.4 is 14.8 Å². The standard InChI is InChI=1S/C19H29F2N3O4S.HI/c1-5-22-18(24-9-10-29(25,26)19(3,4)13-24)23-12-14-7-8-15(28-17(20)21)16(11-14)27-6-2;/h7-8,11,17H,5-6,9-10,12-13H2,1-4H3,(H,22,23);1H. The van der Waals surface area contributed by atoms with E-state index in [2.05, 4.69) is 15.0 Å². The highest BCUT2D eigenvalue weighted by Crippen LogP contribution is 2.30. The van der Waals surface area contributed by atoms with Crippen LogP contribution in [0.1, 0.15) is 33.3 Å². The molecule has 0 spiro atoms. The van der Waals surface area contributed by atoms with Crippen LogP contribution in [0, 0.1) is 0 Å². The summed E-state index contributed by atoms with van der Waals surface area (Å²) in [7, 11) is -3.15. The van der Waals surface area contributed by atoms with Crippen LogP contribution in [-0.4, -0.2) is 62.6 Å². The minimum atomic E-state index is -3.15. The molecule has 172 valence electrons. The molecular formula is C19H30F2IN3O4S. The van der Waals surface area contributed by atoms with Gasteiger partial charge >= 0.3 is 6.61 Å². The highest BCUT2D eigenvalue weighted by atomic mass is 127. The van der Waals surface area contributed by atoms with Crippen LogP contribution in [0.5, 0.6) is 11.5 Å². The molecule has 1 saturated heterocycles. The van der Waals surface area contributed by atoms with E-state index in [9.17, 15) is 17.2 Å². The Morgan fingerprint density at radius 1 is 1.30 bits per heavy atom. The highest BCUT2D eigenvalue weighted by Gasteiger charge is 2.40. The van der Waals surface area contributed by atoms with Gasteiger partial charge in [-0.25, -0.2) is 13.4 Å². The fourth-order valence-corrected chi connectivity index (χ4v) is 4.39. The van der Waals surface area contributed by atoms with Gasteiger partial charge in [-0.15, -0.1) is 24.0 Å². The predicted octanol–water partition coefficient (Wildman–Crippen LogP) is 3.28. The second-order valence-electron chi connectivity index (χ2n) is 7.26. The lowest BCUT2D eigenvalue weighted by molar-refractivity contribution is -0.0514. The van der Waals surface area contributed by atoms with E-state index in [1.807, 2.05) is 11.8 Å². The molecule has 0 atom stereocenters. The van der Waals surface area contributed by atoms with Crippen molar-refractivity contribution in [3.8, 4) is 11.5 Å². The highest BCUT2D eigenvalue weighted by molar-refractivity contribution is 14.0. The molecule has 1 aromatic rings. The van der Waals surface area contributed by atoms with E-state index in [0.29, 0.717) is 32.2 Å². The molecule has 0 radical (unpaired) electrons. The molecule has 2 rings (SSSR count). The molecule has 1 N–H and O–H groups in total. The Labute approximate surface area is 194 Å². The molecule has 1 aromatic carbocycles. The van der Waals surface area contributed by atoms with Crippen LogP contribution in [0.4, 0.5) is 8.78 Å². The number of sulfone groups is 1. The number of guanidine groups is 1. The van der Waals surface area contributed by atoms with Crippen molar-refractivity contribution in [2.45, 2.75) is 45.6 Å². The Morgan fingerprint density at radius 2 is 2.00 bits per heavy atom. The van der Waals surface area contributed by atoms with Crippen molar-refractivity contribution in [3.63, 3.8) is 0 Å². The molecule has 0 saturated carbocycles. The minimum absolute atomic E-state index is 0. The molecule has 1 aliphatic heterocycles. The number of nitrogens with zero attached hydrogens (tertiary/aromatic N) is 2. The van der Waals surface area contributed by atoms with Crippen LogP contribution in [-0.2, 0) is 16.4 Å². The normalized spacial score (nSPS) is 18.0. The fourth-order valence-electron chi connectivity index (χ4n) is 3.03. The quantitative estimate of drug-likeness (QED) is 0.313. The van der Waals surface area contributed by atoms with E-state index < -0.39 is 21.2 Å². The molecule has 30 heavy (non-hydrogen) atoms. The predicted molar refractivity (Wildman–Crippen MR) is 124 cm³/mol. The van der Waals surface area contributed by atoms with Crippen molar-refractivity contribution in [1.82, 2.24) is 10.2 Å². The Balaban J connectivity index is 0.00000450. The number of rotatable bonds is 7. The summed E-state index contributed by atoms with van der Waals surface area (Å²) in [6.07, 6.45) is 0. The monoisotopic (exact) mass is 561 g/mol. The van der Waals surface area contributed by atoms with E-state index in [-0.39, 0.29) is 47.8 Å². The summed E-state index contributed by atoms with van der Waals surface area (Å²) in [5.41, 5.74) is 0.759. The van der Waals surface area contributed by atoms with Crippen LogP contribution in [0.25, 0.3) is 0 Å². The molecule has 11 heteroatoms. The smallest absolute Gasteiger partial charge is 0.387 e. The first-order valence-corrected chi connectivity index (χ1v) is 11.2. The van der Waals surface area contributed by atoms with Gasteiger partial charge in [0.05, 0.1) is 23.7 Å². The van der Waals surface area contributed by atoms with Gasteiger partial charge in [0, 0.05) is 19.6 Å². The zero-order chi connectivity index (χ0) is 21.7. The molecule has 1 fully saturated rings. The van der Waals surface area contributed by atoms with Gasteiger partial charge in [0.15, 0.2) is 27.3 Å². The Hall–Kier alpha value is -1.37. The first-order chi connectivity index (χ1) is 13.6. The van der Waals surface area contributed by atoms with Gasteiger partial charge in [-0.3, -0.25) is 0 Å². The van der Waals surface area contributed by atoms with Gasteiger partial charge in [0.2, 0.25) is 0 Å². The average molecular weight is 561 g/mol. The summed E-state index contributed by atoms with van der Waals surface area (Å²) in [5, 5.41) is 3.19. The maximum Gasteiger partial charge on any atom is 0.387 e. The number of aliphatic imine (C=N–C) groups is 1. The summed E-state index contributed by atoms with van der Waals surface area (Å²) in [4.78, 5) is 6.54. The van der Waals surface area contributed by atoms with Crippen molar-refractivity contribution in [3.05, 3.63) is 23.8 Å². The first-order valence-electron chi connectivity index (χ1n) is 9.55. The van der Waals surface area contributed by atoms with E-state index in [0.717, 1.165) is 5.56 Å². The molecule has 1 aliphatic rings. The number of hydrogen-bond donors (Lipinski definition) is 1. The Kier molecular flexibility index (Phi) is 10.0. The van der Waals surface area contributed by atoms with Crippen LogP contribution in [0.15, 0.2) is 23.2 Å². The summed E-state index contributed by atoms with van der Waals surface area (Å²) >= 11 is 0. The van der Waals surface area contributed by atoms with Gasteiger partial charge in [-0.05, 0) is 45.4 Å². The lowest BCUT2D eigenvalue weighted by atomic mass is 10.2. The topological polar surface area (TPSA) is 80.2 Å². The SMILES string of the molecule is CCNC(=NCc1ccc(OC(F)F)c(OCC)c1)N1CCS(=O)(=O)C(C)(C)C1.I. The fraction of sp³-hybridized carbons (Fsp3) is 0.632. The second-order valence-corrected chi connectivity index (χ2v) is 10.0. The Morgan fingerprint density at radius 3 is 2.57 bits per heavy atom. The summed E-state index contributed by atoms with van der Waals surface area (Å²) in [6.45, 7) is 6.12. The van der Waals surface area contributed by atoms with Gasteiger partial charge in [-0.1, -0.05) is 6.07 Å². The summed E-state index contributed by atoms with van der Waals surface area (Å²) < 4.78 is 58.6. The molecule has 0 aliphatic carbocycles.